The van der Waals surface area contributed by atoms with E-state index in [9.17, 15) is 14.4 Å². The largest absolute Gasteiger partial charge is 0.444 e. The molecule has 0 aliphatic heterocycles. The quantitative estimate of drug-likeness (QED) is 0.647. The molecule has 0 aliphatic rings. The fourth-order valence-electron chi connectivity index (χ4n) is 3.36. The van der Waals surface area contributed by atoms with Crippen LogP contribution in [0.4, 0.5) is 4.79 Å². The summed E-state index contributed by atoms with van der Waals surface area (Å²) in [5, 5.41) is 5.67. The minimum Gasteiger partial charge on any atom is -0.444 e. The maximum absolute atomic E-state index is 13.9. The highest BCUT2D eigenvalue weighted by molar-refractivity contribution is 5.92. The second kappa shape index (κ2) is 10.8. The van der Waals surface area contributed by atoms with Gasteiger partial charge in [0, 0.05) is 11.6 Å². The molecule has 2 N–H and O–H groups in total. The number of carbonyl (C=O) groups is 3. The van der Waals surface area contributed by atoms with Crippen LogP contribution in [-0.2, 0) is 14.3 Å². The van der Waals surface area contributed by atoms with Crippen LogP contribution in [0.1, 0.15) is 80.8 Å². The molecule has 2 unspecified atom stereocenters. The third-order valence-corrected chi connectivity index (χ3v) is 4.62. The summed E-state index contributed by atoms with van der Waals surface area (Å²) in [5.41, 5.74) is -0.690. The van der Waals surface area contributed by atoms with Crippen LogP contribution in [0.15, 0.2) is 30.3 Å². The first-order valence-corrected chi connectivity index (χ1v) is 11.2. The van der Waals surface area contributed by atoms with Crippen LogP contribution >= 0.6 is 0 Å². The summed E-state index contributed by atoms with van der Waals surface area (Å²) in [5.74, 6) is -0.829. The third kappa shape index (κ3) is 8.17. The van der Waals surface area contributed by atoms with Gasteiger partial charge in [-0.15, -0.1) is 0 Å². The van der Waals surface area contributed by atoms with E-state index in [1.165, 1.54) is 0 Å². The number of nitrogens with zero attached hydrogens (tertiary/aromatic N) is 1. The zero-order chi connectivity index (χ0) is 24.9. The van der Waals surface area contributed by atoms with E-state index < -0.39 is 29.3 Å². The molecule has 0 radical (unpaired) electrons. The van der Waals surface area contributed by atoms with Crippen molar-refractivity contribution < 1.29 is 19.1 Å². The second-order valence-corrected chi connectivity index (χ2v) is 10.7. The van der Waals surface area contributed by atoms with E-state index in [4.69, 9.17) is 4.74 Å². The molecule has 1 aromatic carbocycles. The number of rotatable bonds is 7. The molecule has 0 heterocycles. The monoisotopic (exact) mass is 447 g/mol. The number of ether oxygens (including phenoxy) is 1. The van der Waals surface area contributed by atoms with Crippen molar-refractivity contribution >= 4 is 17.9 Å². The Morgan fingerprint density at radius 2 is 1.41 bits per heavy atom. The van der Waals surface area contributed by atoms with Crippen molar-refractivity contribution in [3.63, 3.8) is 0 Å². The van der Waals surface area contributed by atoms with Gasteiger partial charge in [-0.1, -0.05) is 44.2 Å². The topological polar surface area (TPSA) is 87.7 Å². The minimum atomic E-state index is -0.859. The number of amides is 3. The summed E-state index contributed by atoms with van der Waals surface area (Å²) in [4.78, 5) is 41.3. The van der Waals surface area contributed by atoms with Gasteiger partial charge in [-0.25, -0.2) is 4.79 Å². The Labute approximate surface area is 193 Å². The van der Waals surface area contributed by atoms with Gasteiger partial charge in [-0.3, -0.25) is 9.59 Å². The Balaban J connectivity index is 3.46. The SMILES string of the molecule is CC(C)NC(=O)C(c1ccccc1)N(C(=O)C(NC(=O)OC(C)(C)C)C(C)C)C(C)(C)C. The zero-order valence-electron chi connectivity index (χ0n) is 21.3. The van der Waals surface area contributed by atoms with E-state index in [-0.39, 0.29) is 23.8 Å². The molecule has 1 aromatic rings. The van der Waals surface area contributed by atoms with E-state index in [0.717, 1.165) is 0 Å². The Morgan fingerprint density at radius 1 is 0.875 bits per heavy atom. The molecule has 3 amide bonds. The molecule has 0 aliphatic carbocycles. The molecule has 7 nitrogen and oxygen atoms in total. The standard InChI is InChI=1S/C25H41N3O4/c1-16(2)19(27-23(31)32-25(8,9)10)22(30)28(24(5,6)7)20(21(29)26-17(3)4)18-14-12-11-13-15-18/h11-17,19-20H,1-10H3,(H,26,29)(H,27,31). The van der Waals surface area contributed by atoms with Gasteiger partial charge in [0.15, 0.2) is 0 Å². The summed E-state index contributed by atoms with van der Waals surface area (Å²) in [7, 11) is 0. The summed E-state index contributed by atoms with van der Waals surface area (Å²) in [6.07, 6.45) is -0.665. The van der Waals surface area contributed by atoms with E-state index in [0.29, 0.717) is 5.56 Å². The van der Waals surface area contributed by atoms with Gasteiger partial charge in [-0.05, 0) is 66.9 Å². The number of hydrogen-bond acceptors (Lipinski definition) is 4. The third-order valence-electron chi connectivity index (χ3n) is 4.62. The Hall–Kier alpha value is -2.57. The molecule has 180 valence electrons. The van der Waals surface area contributed by atoms with Crippen LogP contribution in [0.5, 0.6) is 0 Å². The maximum atomic E-state index is 13.9. The van der Waals surface area contributed by atoms with E-state index >= 15 is 0 Å². The molecule has 1 rings (SSSR count). The van der Waals surface area contributed by atoms with Gasteiger partial charge in [0.1, 0.15) is 17.7 Å². The predicted molar refractivity (Wildman–Crippen MR) is 127 cm³/mol. The van der Waals surface area contributed by atoms with Crippen LogP contribution in [-0.4, -0.2) is 46.0 Å². The van der Waals surface area contributed by atoms with Crippen LogP contribution in [0.2, 0.25) is 0 Å². The summed E-state index contributed by atoms with van der Waals surface area (Å²) in [6.45, 7) is 18.4. The lowest BCUT2D eigenvalue weighted by molar-refractivity contribution is -0.149. The van der Waals surface area contributed by atoms with Crippen LogP contribution in [0.25, 0.3) is 0 Å². The molecular formula is C25H41N3O4. The van der Waals surface area contributed by atoms with E-state index in [1.54, 1.807) is 25.7 Å². The fourth-order valence-corrected chi connectivity index (χ4v) is 3.36. The maximum Gasteiger partial charge on any atom is 0.408 e. The van der Waals surface area contributed by atoms with Crippen molar-refractivity contribution in [2.75, 3.05) is 0 Å². The predicted octanol–water partition coefficient (Wildman–Crippen LogP) is 4.43. The molecule has 32 heavy (non-hydrogen) atoms. The zero-order valence-corrected chi connectivity index (χ0v) is 21.3. The summed E-state index contributed by atoms with van der Waals surface area (Å²) >= 11 is 0. The second-order valence-electron chi connectivity index (χ2n) is 10.7. The first-order valence-electron chi connectivity index (χ1n) is 11.2. The van der Waals surface area contributed by atoms with Crippen molar-refractivity contribution in [2.24, 2.45) is 5.92 Å². The summed E-state index contributed by atoms with van der Waals surface area (Å²) < 4.78 is 5.38. The average Bonchev–Trinajstić information content (AvgIpc) is 2.60. The minimum absolute atomic E-state index is 0.0913. The lowest BCUT2D eigenvalue weighted by atomic mass is 9.93. The van der Waals surface area contributed by atoms with Gasteiger partial charge in [0.2, 0.25) is 11.8 Å². The van der Waals surface area contributed by atoms with Gasteiger partial charge in [0.25, 0.3) is 0 Å². The van der Waals surface area contributed by atoms with Gasteiger partial charge in [-0.2, -0.15) is 0 Å². The molecule has 0 fully saturated rings. The van der Waals surface area contributed by atoms with Crippen molar-refractivity contribution in [2.45, 2.75) is 98.5 Å². The van der Waals surface area contributed by atoms with Crippen molar-refractivity contribution in [1.29, 1.82) is 0 Å². The average molecular weight is 448 g/mol. The van der Waals surface area contributed by atoms with Crippen molar-refractivity contribution in [3.8, 4) is 0 Å². The van der Waals surface area contributed by atoms with Crippen LogP contribution in [0, 0.1) is 5.92 Å². The highest BCUT2D eigenvalue weighted by Gasteiger charge is 2.42. The van der Waals surface area contributed by atoms with Crippen LogP contribution < -0.4 is 10.6 Å². The number of benzene rings is 1. The first kappa shape index (κ1) is 27.5. The summed E-state index contributed by atoms with van der Waals surface area (Å²) in [6, 6.07) is 7.42. The van der Waals surface area contributed by atoms with Crippen molar-refractivity contribution in [3.05, 3.63) is 35.9 Å². The molecule has 0 spiro atoms. The number of hydrogen-bond donors (Lipinski definition) is 2. The Kier molecular flexibility index (Phi) is 9.30. The lowest BCUT2D eigenvalue weighted by Gasteiger charge is -2.43. The van der Waals surface area contributed by atoms with E-state index in [2.05, 4.69) is 10.6 Å². The van der Waals surface area contributed by atoms with Gasteiger partial charge < -0.3 is 20.3 Å². The molecule has 7 heteroatoms. The number of alkyl carbamates (subject to hydrolysis) is 1. The normalized spacial score (nSPS) is 14.0. The first-order chi connectivity index (χ1) is 14.5. The smallest absolute Gasteiger partial charge is 0.408 e. The van der Waals surface area contributed by atoms with Gasteiger partial charge in [0.05, 0.1) is 0 Å². The highest BCUT2D eigenvalue weighted by Crippen LogP contribution is 2.31. The fraction of sp³-hybridized carbons (Fsp3) is 0.640. The molecule has 0 aromatic heterocycles. The number of nitrogens with one attached hydrogen (secondary N) is 2. The van der Waals surface area contributed by atoms with Crippen LogP contribution in [0.3, 0.4) is 0 Å². The van der Waals surface area contributed by atoms with Crippen molar-refractivity contribution in [1.82, 2.24) is 15.5 Å². The Bertz CT molecular complexity index is 777. The van der Waals surface area contributed by atoms with E-state index in [1.807, 2.05) is 78.8 Å². The molecule has 2 atom stereocenters. The molecular weight excluding hydrogens is 406 g/mol. The molecule has 0 saturated heterocycles. The van der Waals surface area contributed by atoms with Gasteiger partial charge >= 0.3 is 6.09 Å². The molecule has 0 bridgehead atoms. The number of carbonyl (C=O) groups excluding carboxylic acids is 3. The Morgan fingerprint density at radius 3 is 1.81 bits per heavy atom. The molecule has 0 saturated carbocycles. The lowest BCUT2D eigenvalue weighted by Crippen LogP contribution is -2.60. The highest BCUT2D eigenvalue weighted by atomic mass is 16.6.